The SMILES string of the molecule is CC(C)(C)OC(=O)NC(C)(CC(=O)O)c1ccccc1.COC(=O)[C@@H](Nc1ncc(Br)cc1[N+](=O)[O-])[C@](C)(NC(=O)OC(C)(C)C)c1ccccc1. The monoisotopic (exact) mass is 787 g/mol. The van der Waals surface area contributed by atoms with E-state index < -0.39 is 57.4 Å². The number of hydrogen-bond donors (Lipinski definition) is 4. The molecule has 1 heterocycles. The van der Waals surface area contributed by atoms with E-state index in [4.69, 9.17) is 19.3 Å². The second-order valence-corrected chi connectivity index (χ2v) is 14.9. The van der Waals surface area contributed by atoms with Gasteiger partial charge in [0.05, 0.1) is 29.5 Å². The first-order chi connectivity index (χ1) is 24.0. The summed E-state index contributed by atoms with van der Waals surface area (Å²) in [4.78, 5) is 63.5. The number of pyridine rings is 1. The molecule has 3 aromatic rings. The Morgan fingerprint density at radius 1 is 0.846 bits per heavy atom. The van der Waals surface area contributed by atoms with E-state index in [0.717, 1.165) is 0 Å². The number of carbonyl (C=O) groups is 4. The van der Waals surface area contributed by atoms with Crippen molar-refractivity contribution in [3.63, 3.8) is 0 Å². The molecule has 282 valence electrons. The van der Waals surface area contributed by atoms with Gasteiger partial charge in [0, 0.05) is 16.7 Å². The third-order valence-corrected chi connectivity index (χ3v) is 7.59. The van der Waals surface area contributed by atoms with Crippen LogP contribution < -0.4 is 16.0 Å². The lowest BCUT2D eigenvalue weighted by Gasteiger charge is -2.38. The van der Waals surface area contributed by atoms with Gasteiger partial charge in [-0.15, -0.1) is 0 Å². The van der Waals surface area contributed by atoms with Crippen LogP contribution >= 0.6 is 15.9 Å². The maximum atomic E-state index is 12.9. The molecule has 2 aromatic carbocycles. The zero-order chi connectivity index (χ0) is 39.5. The molecule has 1 aromatic heterocycles. The molecule has 0 spiro atoms. The van der Waals surface area contributed by atoms with Gasteiger partial charge in [0.15, 0.2) is 6.04 Å². The standard InChI is InChI=1S/C21H25BrN4O6.C15H21NO4/c1-20(2,3)32-19(28)25-21(4,13-9-7-6-8-10-13)16(18(27)31-5)24-17-15(26(29)30)11-14(22)12-23-17;1-14(2,3)20-13(19)16-15(4,10-12(17)18)11-8-6-5-7-9-11/h6-12,16H,1-5H3,(H,23,24)(H,25,28);5-9H,10H2,1-4H3,(H,16,19)(H,17,18)/t16-,21-;/m1./s1. The first-order valence-electron chi connectivity index (χ1n) is 16.0. The molecule has 0 saturated heterocycles. The fourth-order valence-electron chi connectivity index (χ4n) is 4.84. The highest BCUT2D eigenvalue weighted by Gasteiger charge is 2.45. The molecular weight excluding hydrogens is 742 g/mol. The van der Waals surface area contributed by atoms with Crippen LogP contribution in [-0.4, -0.2) is 63.5 Å². The summed E-state index contributed by atoms with van der Waals surface area (Å²) in [6, 6.07) is 17.6. The first-order valence-corrected chi connectivity index (χ1v) is 16.8. The molecule has 2 amide bonds. The average Bonchev–Trinajstić information content (AvgIpc) is 3.02. The number of methoxy groups -OCH3 is 1. The molecule has 0 aliphatic rings. The molecule has 0 aliphatic carbocycles. The fraction of sp³-hybridized carbons (Fsp3) is 0.417. The van der Waals surface area contributed by atoms with Crippen LogP contribution in [0.3, 0.4) is 0 Å². The predicted molar refractivity (Wildman–Crippen MR) is 197 cm³/mol. The lowest BCUT2D eigenvalue weighted by atomic mass is 9.84. The summed E-state index contributed by atoms with van der Waals surface area (Å²) in [5.74, 6) is -1.93. The number of nitro groups is 1. The first kappa shape index (κ1) is 42.9. The van der Waals surface area contributed by atoms with E-state index in [-0.39, 0.29) is 17.9 Å². The average molecular weight is 789 g/mol. The van der Waals surface area contributed by atoms with Crippen molar-refractivity contribution in [3.8, 4) is 0 Å². The third kappa shape index (κ3) is 13.1. The molecule has 1 unspecified atom stereocenters. The zero-order valence-electron chi connectivity index (χ0n) is 30.6. The number of nitrogens with one attached hydrogen (secondary N) is 3. The summed E-state index contributed by atoms with van der Waals surface area (Å²) in [6.45, 7) is 13.6. The van der Waals surface area contributed by atoms with Crippen LogP contribution in [0, 0.1) is 10.1 Å². The number of benzene rings is 2. The summed E-state index contributed by atoms with van der Waals surface area (Å²) in [6.07, 6.45) is -0.288. The number of carbonyl (C=O) groups excluding carboxylic acids is 3. The van der Waals surface area contributed by atoms with Gasteiger partial charge < -0.3 is 35.3 Å². The number of ether oxygens (including phenoxy) is 3. The van der Waals surface area contributed by atoms with Gasteiger partial charge in [-0.1, -0.05) is 60.7 Å². The minimum absolute atomic E-state index is 0.165. The number of aliphatic carboxylic acids is 1. The quantitative estimate of drug-likeness (QED) is 0.0667. The number of esters is 1. The van der Waals surface area contributed by atoms with Gasteiger partial charge in [0.1, 0.15) is 11.2 Å². The molecule has 52 heavy (non-hydrogen) atoms. The Morgan fingerprint density at radius 2 is 1.33 bits per heavy atom. The van der Waals surface area contributed by atoms with Crippen molar-refractivity contribution >= 4 is 51.6 Å². The lowest BCUT2D eigenvalue weighted by molar-refractivity contribution is -0.384. The van der Waals surface area contributed by atoms with Crippen molar-refractivity contribution in [1.82, 2.24) is 15.6 Å². The van der Waals surface area contributed by atoms with Crippen molar-refractivity contribution in [2.75, 3.05) is 12.4 Å². The summed E-state index contributed by atoms with van der Waals surface area (Å²) in [5.41, 5.74) is -2.98. The van der Waals surface area contributed by atoms with Crippen molar-refractivity contribution in [2.45, 2.75) is 90.1 Å². The van der Waals surface area contributed by atoms with Crippen molar-refractivity contribution in [1.29, 1.82) is 0 Å². The van der Waals surface area contributed by atoms with Crippen LogP contribution in [0.25, 0.3) is 0 Å². The minimum Gasteiger partial charge on any atom is -0.481 e. The molecule has 4 N–H and O–H groups in total. The van der Waals surface area contributed by atoms with E-state index in [1.807, 2.05) is 6.07 Å². The van der Waals surface area contributed by atoms with E-state index >= 15 is 0 Å². The van der Waals surface area contributed by atoms with Gasteiger partial charge in [-0.3, -0.25) is 14.9 Å². The molecule has 3 atom stereocenters. The molecular formula is C36H46BrN5O10. The van der Waals surface area contributed by atoms with Gasteiger partial charge in [-0.05, 0) is 82.4 Å². The summed E-state index contributed by atoms with van der Waals surface area (Å²) >= 11 is 3.15. The molecule has 16 heteroatoms. The van der Waals surface area contributed by atoms with Gasteiger partial charge in [-0.25, -0.2) is 19.4 Å². The molecule has 0 aliphatic heterocycles. The van der Waals surface area contributed by atoms with Gasteiger partial charge in [0.25, 0.3) is 0 Å². The van der Waals surface area contributed by atoms with Crippen molar-refractivity contribution < 1.29 is 43.4 Å². The normalized spacial score (nSPS) is 14.0. The van der Waals surface area contributed by atoms with Crippen LogP contribution in [0.5, 0.6) is 0 Å². The Bertz CT molecular complexity index is 1710. The molecule has 0 saturated carbocycles. The Hall–Kier alpha value is -5.25. The number of rotatable bonds is 11. The smallest absolute Gasteiger partial charge is 0.408 e. The van der Waals surface area contributed by atoms with E-state index in [1.54, 1.807) is 110 Å². The van der Waals surface area contributed by atoms with Crippen molar-refractivity contribution in [3.05, 3.63) is 98.6 Å². The molecule has 3 rings (SSSR count). The number of hydrogen-bond acceptors (Lipinski definition) is 11. The highest BCUT2D eigenvalue weighted by molar-refractivity contribution is 9.10. The largest absolute Gasteiger partial charge is 0.481 e. The van der Waals surface area contributed by atoms with E-state index in [9.17, 15) is 29.3 Å². The minimum atomic E-state index is -1.43. The highest BCUT2D eigenvalue weighted by atomic mass is 79.9. The number of carboxylic acids is 1. The Balaban J connectivity index is 0.000000402. The number of anilines is 1. The molecule has 0 bridgehead atoms. The third-order valence-electron chi connectivity index (χ3n) is 7.15. The van der Waals surface area contributed by atoms with Crippen LogP contribution in [0.4, 0.5) is 21.1 Å². The van der Waals surface area contributed by atoms with Gasteiger partial charge in [0.2, 0.25) is 5.82 Å². The Morgan fingerprint density at radius 3 is 1.77 bits per heavy atom. The zero-order valence-corrected chi connectivity index (χ0v) is 32.2. The number of alkyl carbamates (subject to hydrolysis) is 2. The maximum Gasteiger partial charge on any atom is 0.408 e. The number of nitrogens with zero attached hydrogens (tertiary/aromatic N) is 2. The summed E-state index contributed by atoms with van der Waals surface area (Å²) in [5, 5.41) is 28.8. The number of aromatic nitrogens is 1. The van der Waals surface area contributed by atoms with Crippen LogP contribution in [0.2, 0.25) is 0 Å². The lowest BCUT2D eigenvalue weighted by Crippen LogP contribution is -2.59. The number of amides is 2. The summed E-state index contributed by atoms with van der Waals surface area (Å²) < 4.78 is 15.9. The van der Waals surface area contributed by atoms with Crippen LogP contribution in [-0.2, 0) is 34.9 Å². The second-order valence-electron chi connectivity index (χ2n) is 14.0. The second kappa shape index (κ2) is 17.8. The van der Waals surface area contributed by atoms with Crippen molar-refractivity contribution in [2.24, 2.45) is 0 Å². The van der Waals surface area contributed by atoms with Crippen LogP contribution in [0.15, 0.2) is 77.4 Å². The fourth-order valence-corrected chi connectivity index (χ4v) is 5.16. The number of halogens is 1. The predicted octanol–water partition coefficient (Wildman–Crippen LogP) is 7.05. The number of carboxylic acid groups (broad SMARTS) is 1. The topological polar surface area (TPSA) is 208 Å². The maximum absolute atomic E-state index is 12.9. The Kier molecular flexibility index (Phi) is 14.7. The van der Waals surface area contributed by atoms with Crippen LogP contribution in [0.1, 0.15) is 72.9 Å². The van der Waals surface area contributed by atoms with Gasteiger partial charge >= 0.3 is 29.8 Å². The molecule has 0 fully saturated rings. The Labute approximate surface area is 311 Å². The highest BCUT2D eigenvalue weighted by Crippen LogP contribution is 2.32. The van der Waals surface area contributed by atoms with E-state index in [0.29, 0.717) is 15.6 Å². The van der Waals surface area contributed by atoms with E-state index in [2.05, 4.69) is 36.9 Å². The molecule has 0 radical (unpaired) electrons. The summed E-state index contributed by atoms with van der Waals surface area (Å²) in [7, 11) is 1.18. The van der Waals surface area contributed by atoms with Gasteiger partial charge in [-0.2, -0.15) is 0 Å². The molecule has 15 nitrogen and oxygen atoms in total. The van der Waals surface area contributed by atoms with E-state index in [1.165, 1.54) is 19.4 Å².